The molecule has 0 aliphatic carbocycles. The zero-order valence-electron chi connectivity index (χ0n) is 31.0. The molecule has 0 fully saturated rings. The lowest BCUT2D eigenvalue weighted by atomic mass is 10.0. The van der Waals surface area contributed by atoms with E-state index < -0.39 is 53.1 Å². The predicted molar refractivity (Wildman–Crippen MR) is 200 cm³/mol. The molecule has 2 atom stereocenters. The summed E-state index contributed by atoms with van der Waals surface area (Å²) < 4.78 is 23.6. The molecule has 1 aliphatic heterocycles. The first-order chi connectivity index (χ1) is 24.3. The quantitative estimate of drug-likeness (QED) is 0.245. The molecule has 2 N–H and O–H groups in total. The molecule has 280 valence electrons. The molecule has 0 saturated heterocycles. The maximum absolute atomic E-state index is 14.5. The van der Waals surface area contributed by atoms with Crippen molar-refractivity contribution in [1.29, 1.82) is 0 Å². The van der Waals surface area contributed by atoms with E-state index in [9.17, 15) is 24.0 Å². The average Bonchev–Trinajstić information content (AvgIpc) is 3.18. The molecule has 1 aliphatic rings. The second-order valence-electron chi connectivity index (χ2n) is 14.4. The van der Waals surface area contributed by atoms with Gasteiger partial charge in [0.25, 0.3) is 11.8 Å². The number of benzene rings is 3. The van der Waals surface area contributed by atoms with Crippen LogP contribution in [0.4, 0.5) is 10.5 Å². The Balaban J connectivity index is 1.70. The van der Waals surface area contributed by atoms with Crippen molar-refractivity contribution in [1.82, 2.24) is 15.5 Å². The van der Waals surface area contributed by atoms with E-state index in [-0.39, 0.29) is 43.1 Å². The number of nitrogens with one attached hydrogen (secondary N) is 2. The molecule has 0 saturated carbocycles. The number of amides is 4. The van der Waals surface area contributed by atoms with Crippen molar-refractivity contribution in [2.24, 2.45) is 0 Å². The lowest BCUT2D eigenvalue weighted by Crippen LogP contribution is -2.55. The molecule has 52 heavy (non-hydrogen) atoms. The van der Waals surface area contributed by atoms with Gasteiger partial charge >= 0.3 is 12.1 Å². The van der Waals surface area contributed by atoms with E-state index in [0.717, 1.165) is 20.1 Å². The van der Waals surface area contributed by atoms with Crippen molar-refractivity contribution in [2.75, 3.05) is 32.2 Å². The Morgan fingerprint density at radius 1 is 1.02 bits per heavy atom. The van der Waals surface area contributed by atoms with Gasteiger partial charge in [-0.25, -0.2) is 4.79 Å². The van der Waals surface area contributed by atoms with Gasteiger partial charge in [0, 0.05) is 23.6 Å². The minimum atomic E-state index is -1.22. The Hall–Kier alpha value is -4.85. The second-order valence-corrected chi connectivity index (χ2v) is 15.3. The van der Waals surface area contributed by atoms with Gasteiger partial charge in [0.15, 0.2) is 5.75 Å². The number of hydrogen-bond donors (Lipinski definition) is 2. The van der Waals surface area contributed by atoms with E-state index in [1.807, 2.05) is 30.3 Å². The Morgan fingerprint density at radius 3 is 2.37 bits per heavy atom. The molecule has 0 bridgehead atoms. The van der Waals surface area contributed by atoms with Crippen LogP contribution in [0.5, 0.6) is 11.5 Å². The molecule has 3 aromatic carbocycles. The van der Waals surface area contributed by atoms with Gasteiger partial charge in [0.05, 0.1) is 31.3 Å². The van der Waals surface area contributed by atoms with Crippen molar-refractivity contribution < 1.29 is 42.9 Å². The number of rotatable bonds is 10. The number of carbonyl (C=O) groups is 5. The summed E-state index contributed by atoms with van der Waals surface area (Å²) in [5, 5.41) is 7.21. The summed E-state index contributed by atoms with van der Waals surface area (Å²) in [6.07, 6.45) is -0.755. The highest BCUT2D eigenvalue weighted by Crippen LogP contribution is 2.39. The van der Waals surface area contributed by atoms with Gasteiger partial charge in [-0.1, -0.05) is 34.1 Å². The van der Waals surface area contributed by atoms with Crippen LogP contribution in [0.15, 0.2) is 53.0 Å². The van der Waals surface area contributed by atoms with Gasteiger partial charge in [-0.15, -0.1) is 0 Å². The van der Waals surface area contributed by atoms with Crippen molar-refractivity contribution in [3.63, 3.8) is 0 Å². The first-order valence-corrected chi connectivity index (χ1v) is 17.7. The number of likely N-dealkylation sites (N-methyl/N-ethyl adjacent to an activating group) is 1. The van der Waals surface area contributed by atoms with E-state index in [2.05, 4.69) is 26.6 Å². The Bertz CT molecular complexity index is 1850. The van der Waals surface area contributed by atoms with Gasteiger partial charge < -0.3 is 34.5 Å². The molecule has 1 heterocycles. The summed E-state index contributed by atoms with van der Waals surface area (Å²) in [6, 6.07) is 12.1. The molecule has 3 aromatic rings. The third-order valence-corrected chi connectivity index (χ3v) is 8.56. The van der Waals surface area contributed by atoms with Crippen LogP contribution >= 0.6 is 15.9 Å². The molecule has 0 radical (unpaired) electrons. The maximum atomic E-state index is 14.5. The minimum absolute atomic E-state index is 0.00452. The Labute approximate surface area is 312 Å². The number of para-hydroxylation sites is 1. The van der Waals surface area contributed by atoms with Crippen LogP contribution in [0, 0.1) is 0 Å². The lowest BCUT2D eigenvalue weighted by Gasteiger charge is -2.30. The van der Waals surface area contributed by atoms with Crippen LogP contribution in [-0.4, -0.2) is 85.3 Å². The summed E-state index contributed by atoms with van der Waals surface area (Å²) in [5.41, 5.74) is -0.351. The fourth-order valence-electron chi connectivity index (χ4n) is 5.46. The molecule has 0 spiro atoms. The van der Waals surface area contributed by atoms with Crippen LogP contribution in [-0.2, 0) is 30.4 Å². The Morgan fingerprint density at radius 2 is 1.71 bits per heavy atom. The van der Waals surface area contributed by atoms with Crippen LogP contribution in [0.1, 0.15) is 70.8 Å². The topological polar surface area (TPSA) is 153 Å². The minimum Gasteiger partial charge on any atom is -0.496 e. The molecule has 14 heteroatoms. The largest absolute Gasteiger partial charge is 0.496 e. The zero-order valence-corrected chi connectivity index (χ0v) is 32.6. The molecule has 4 amide bonds. The van der Waals surface area contributed by atoms with E-state index in [4.69, 9.17) is 18.9 Å². The number of fused-ring (bicyclic) bond motifs is 2. The number of carbonyl (C=O) groups excluding carboxylic acids is 5. The third-order valence-electron chi connectivity index (χ3n) is 8.07. The van der Waals surface area contributed by atoms with Crippen molar-refractivity contribution in [3.05, 3.63) is 64.1 Å². The first-order valence-electron chi connectivity index (χ1n) is 16.9. The SMILES string of the molecule is COc1ccc2cc(Br)ccc2c1CN1C(=O)[C@@H](NC(=O)[C@H](C)N(C)C(=O)OC(C)(C)C)COc2c(C(=O)NCCC(=O)OC(C)(C)C)cccc21. The second kappa shape index (κ2) is 16.2. The Kier molecular flexibility index (Phi) is 12.5. The fraction of sp³-hybridized carbons (Fsp3) is 0.447. The highest BCUT2D eigenvalue weighted by atomic mass is 79.9. The molecule has 0 unspecified atom stereocenters. The van der Waals surface area contributed by atoms with Gasteiger partial charge in [-0.3, -0.25) is 24.1 Å². The van der Waals surface area contributed by atoms with E-state index in [0.29, 0.717) is 11.3 Å². The number of halogens is 1. The summed E-state index contributed by atoms with van der Waals surface area (Å²) in [7, 11) is 2.97. The first kappa shape index (κ1) is 39.9. The van der Waals surface area contributed by atoms with E-state index >= 15 is 0 Å². The van der Waals surface area contributed by atoms with Crippen molar-refractivity contribution in [3.8, 4) is 11.5 Å². The summed E-state index contributed by atoms with van der Waals surface area (Å²) >= 11 is 3.52. The third kappa shape index (κ3) is 9.93. The predicted octanol–water partition coefficient (Wildman–Crippen LogP) is 5.74. The van der Waals surface area contributed by atoms with Gasteiger partial charge in [0.1, 0.15) is 35.6 Å². The highest BCUT2D eigenvalue weighted by Gasteiger charge is 2.37. The lowest BCUT2D eigenvalue weighted by molar-refractivity contribution is -0.154. The van der Waals surface area contributed by atoms with E-state index in [1.54, 1.807) is 59.7 Å². The molecule has 4 rings (SSSR count). The van der Waals surface area contributed by atoms with Gasteiger partial charge in [-0.05, 0) is 89.6 Å². The number of anilines is 1. The maximum Gasteiger partial charge on any atom is 0.410 e. The summed E-state index contributed by atoms with van der Waals surface area (Å²) in [4.78, 5) is 69.2. The number of hydrogen-bond acceptors (Lipinski definition) is 9. The van der Waals surface area contributed by atoms with Crippen LogP contribution in [0.2, 0.25) is 0 Å². The number of methoxy groups -OCH3 is 1. The van der Waals surface area contributed by atoms with Crippen molar-refractivity contribution in [2.45, 2.75) is 84.7 Å². The van der Waals surface area contributed by atoms with Crippen molar-refractivity contribution >= 4 is 62.2 Å². The summed E-state index contributed by atoms with van der Waals surface area (Å²) in [6.45, 7) is 11.6. The number of ether oxygens (including phenoxy) is 4. The fourth-order valence-corrected chi connectivity index (χ4v) is 5.84. The van der Waals surface area contributed by atoms with Gasteiger partial charge in [0.2, 0.25) is 5.91 Å². The monoisotopic (exact) mass is 782 g/mol. The van der Waals surface area contributed by atoms with Gasteiger partial charge in [-0.2, -0.15) is 0 Å². The normalized spacial score (nSPS) is 15.1. The zero-order chi connectivity index (χ0) is 38.5. The standard InChI is InChI=1S/C38H47BrN4O9/c1-22(42(8)36(48)52-38(5,6)7)33(45)41-28-21-50-32-26(34(46)40-18-17-31(44)51-37(2,3)4)11-10-12-29(32)43(35(28)47)20-27-25-15-14-24(39)19-23(25)13-16-30(27)49-9/h10-16,19,22,28H,17-18,20-21H2,1-9H3,(H,40,46)(H,41,45)/t22-,28-/m0/s1. The van der Waals surface area contributed by atoms with Crippen LogP contribution in [0.25, 0.3) is 10.8 Å². The number of nitrogens with zero attached hydrogens (tertiary/aromatic N) is 2. The van der Waals surface area contributed by atoms with Crippen LogP contribution in [0.3, 0.4) is 0 Å². The smallest absolute Gasteiger partial charge is 0.410 e. The number of esters is 1. The van der Waals surface area contributed by atoms with Crippen LogP contribution < -0.4 is 25.0 Å². The molecular weight excluding hydrogens is 736 g/mol. The molecule has 13 nitrogen and oxygen atoms in total. The summed E-state index contributed by atoms with van der Waals surface area (Å²) in [5.74, 6) is -1.49. The molecule has 0 aromatic heterocycles. The highest BCUT2D eigenvalue weighted by molar-refractivity contribution is 9.10. The van der Waals surface area contributed by atoms with E-state index in [1.165, 1.54) is 26.0 Å². The molecular formula is C38H47BrN4O9. The average molecular weight is 784 g/mol.